The van der Waals surface area contributed by atoms with Gasteiger partial charge in [-0.3, -0.25) is 0 Å². The van der Waals surface area contributed by atoms with Gasteiger partial charge in [-0.05, 0) is 61.0 Å². The van der Waals surface area contributed by atoms with E-state index in [0.29, 0.717) is 18.5 Å². The zero-order valence-electron chi connectivity index (χ0n) is 13.6. The molecule has 0 unspecified atom stereocenters. The number of nitrogens with zero attached hydrogens (tertiary/aromatic N) is 1. The molecule has 1 aromatic heterocycles. The van der Waals surface area contributed by atoms with Crippen molar-refractivity contribution in [2.45, 2.75) is 44.7 Å². The first-order valence-corrected chi connectivity index (χ1v) is 8.78. The quantitative estimate of drug-likeness (QED) is 0.898. The summed E-state index contributed by atoms with van der Waals surface area (Å²) in [6, 6.07) is 4.07. The number of urea groups is 1. The number of nitrogens with one attached hydrogen (secondary N) is 2. The van der Waals surface area contributed by atoms with Gasteiger partial charge >= 0.3 is 6.03 Å². The minimum absolute atomic E-state index is 0.0483. The molecule has 124 valence electrons. The molecule has 5 nitrogen and oxygen atoms in total. The van der Waals surface area contributed by atoms with Crippen molar-refractivity contribution in [3.05, 3.63) is 23.9 Å². The molecule has 0 spiro atoms. The van der Waals surface area contributed by atoms with Crippen molar-refractivity contribution in [2.75, 3.05) is 7.11 Å². The van der Waals surface area contributed by atoms with Crippen molar-refractivity contribution in [1.82, 2.24) is 15.6 Å². The SMILES string of the molecule is COc1cc(CNC(=O)N[C@@H]2C[C@H]3C[C@H]2[C@H]2CCC[C@H]32)ccn1. The largest absolute Gasteiger partial charge is 0.481 e. The maximum Gasteiger partial charge on any atom is 0.315 e. The zero-order chi connectivity index (χ0) is 15.8. The van der Waals surface area contributed by atoms with E-state index in [2.05, 4.69) is 15.6 Å². The first kappa shape index (κ1) is 14.8. The molecule has 3 saturated carbocycles. The van der Waals surface area contributed by atoms with Crippen molar-refractivity contribution >= 4 is 6.03 Å². The normalized spacial score (nSPS) is 34.2. The Kier molecular flexibility index (Phi) is 3.87. The third kappa shape index (κ3) is 2.77. The van der Waals surface area contributed by atoms with E-state index >= 15 is 0 Å². The Morgan fingerprint density at radius 2 is 2.17 bits per heavy atom. The monoisotopic (exact) mass is 315 g/mol. The molecular weight excluding hydrogens is 290 g/mol. The van der Waals surface area contributed by atoms with Crippen LogP contribution in [0.2, 0.25) is 0 Å². The van der Waals surface area contributed by atoms with Gasteiger partial charge in [-0.2, -0.15) is 0 Å². The second kappa shape index (κ2) is 6.02. The van der Waals surface area contributed by atoms with Crippen molar-refractivity contribution in [2.24, 2.45) is 23.7 Å². The molecule has 0 aromatic carbocycles. The summed E-state index contributed by atoms with van der Waals surface area (Å²) in [5.74, 6) is 4.00. The van der Waals surface area contributed by atoms with Gasteiger partial charge in [-0.25, -0.2) is 9.78 Å². The van der Waals surface area contributed by atoms with Crippen LogP contribution in [0.3, 0.4) is 0 Å². The molecule has 2 bridgehead atoms. The lowest BCUT2D eigenvalue weighted by Crippen LogP contribution is -2.46. The highest BCUT2D eigenvalue weighted by molar-refractivity contribution is 5.74. The minimum Gasteiger partial charge on any atom is -0.481 e. The molecular formula is C18H25N3O2. The van der Waals surface area contributed by atoms with E-state index in [1.54, 1.807) is 13.3 Å². The topological polar surface area (TPSA) is 63.2 Å². The lowest BCUT2D eigenvalue weighted by molar-refractivity contribution is 0.197. The fourth-order valence-electron chi connectivity index (χ4n) is 5.31. The number of ether oxygens (including phenoxy) is 1. The van der Waals surface area contributed by atoms with E-state index in [9.17, 15) is 4.79 Å². The molecule has 3 aliphatic rings. The van der Waals surface area contributed by atoms with Gasteiger partial charge in [0.15, 0.2) is 0 Å². The van der Waals surface area contributed by atoms with E-state index in [1.165, 1.54) is 32.1 Å². The molecule has 1 aromatic rings. The summed E-state index contributed by atoms with van der Waals surface area (Å²) in [5, 5.41) is 6.19. The number of rotatable bonds is 4. The fourth-order valence-corrected chi connectivity index (χ4v) is 5.31. The van der Waals surface area contributed by atoms with Crippen LogP contribution in [-0.2, 0) is 6.54 Å². The first-order chi connectivity index (χ1) is 11.2. The number of aromatic nitrogens is 1. The summed E-state index contributed by atoms with van der Waals surface area (Å²) in [5.41, 5.74) is 0.996. The summed E-state index contributed by atoms with van der Waals surface area (Å²) in [7, 11) is 1.59. The lowest BCUT2D eigenvalue weighted by Gasteiger charge is -2.32. The van der Waals surface area contributed by atoms with Gasteiger partial charge in [0, 0.05) is 24.8 Å². The Hall–Kier alpha value is -1.78. The predicted molar refractivity (Wildman–Crippen MR) is 87.0 cm³/mol. The molecule has 3 aliphatic carbocycles. The van der Waals surface area contributed by atoms with Gasteiger partial charge in [0.25, 0.3) is 0 Å². The number of carbonyl (C=O) groups excluding carboxylic acids is 1. The highest BCUT2D eigenvalue weighted by Crippen LogP contribution is 2.58. The number of pyridine rings is 1. The van der Waals surface area contributed by atoms with Crippen molar-refractivity contribution in [1.29, 1.82) is 0 Å². The summed E-state index contributed by atoms with van der Waals surface area (Å²) in [4.78, 5) is 16.3. The van der Waals surface area contributed by atoms with Crippen LogP contribution in [0, 0.1) is 23.7 Å². The summed E-state index contributed by atoms with van der Waals surface area (Å²) in [6.07, 6.45) is 8.41. The minimum atomic E-state index is -0.0483. The molecule has 23 heavy (non-hydrogen) atoms. The molecule has 1 heterocycles. The van der Waals surface area contributed by atoms with E-state index < -0.39 is 0 Å². The standard InChI is InChI=1S/C18H25N3O2/c1-23-17-7-11(5-6-19-17)10-20-18(22)21-16-9-12-8-15(16)14-4-2-3-13(12)14/h5-7,12-16H,2-4,8-10H2,1H3,(H2,20,21,22)/t12-,13-,14+,15+,16-/m1/s1. The number of carbonyl (C=O) groups is 1. The molecule has 5 atom stereocenters. The van der Waals surface area contributed by atoms with Crippen molar-refractivity contribution in [3.8, 4) is 5.88 Å². The number of fused-ring (bicyclic) bond motifs is 5. The molecule has 0 saturated heterocycles. The highest BCUT2D eigenvalue weighted by atomic mass is 16.5. The Morgan fingerprint density at radius 3 is 3.04 bits per heavy atom. The average molecular weight is 315 g/mol. The zero-order valence-corrected chi connectivity index (χ0v) is 13.6. The smallest absolute Gasteiger partial charge is 0.315 e. The molecule has 0 radical (unpaired) electrons. The molecule has 2 amide bonds. The van der Waals surface area contributed by atoms with Crippen LogP contribution in [0.15, 0.2) is 18.3 Å². The third-order valence-electron chi connectivity index (χ3n) is 6.21. The van der Waals surface area contributed by atoms with Crippen LogP contribution < -0.4 is 15.4 Å². The number of hydrogen-bond acceptors (Lipinski definition) is 3. The fraction of sp³-hybridized carbons (Fsp3) is 0.667. The van der Waals surface area contributed by atoms with Crippen LogP contribution in [0.25, 0.3) is 0 Å². The lowest BCUT2D eigenvalue weighted by atomic mass is 9.79. The Morgan fingerprint density at radius 1 is 1.30 bits per heavy atom. The maximum absolute atomic E-state index is 12.2. The van der Waals surface area contributed by atoms with Crippen LogP contribution in [0.5, 0.6) is 5.88 Å². The molecule has 0 aliphatic heterocycles. The molecule has 5 heteroatoms. The van der Waals surface area contributed by atoms with Crippen LogP contribution >= 0.6 is 0 Å². The van der Waals surface area contributed by atoms with E-state index in [1.807, 2.05) is 12.1 Å². The predicted octanol–water partition coefficient (Wildman–Crippen LogP) is 2.71. The number of amides is 2. The second-order valence-corrected chi connectivity index (χ2v) is 7.29. The van der Waals surface area contributed by atoms with E-state index in [4.69, 9.17) is 4.74 Å². The molecule has 2 N–H and O–H groups in total. The van der Waals surface area contributed by atoms with Gasteiger partial charge in [0.05, 0.1) is 7.11 Å². The highest BCUT2D eigenvalue weighted by Gasteiger charge is 2.53. The number of methoxy groups -OCH3 is 1. The maximum atomic E-state index is 12.2. The van der Waals surface area contributed by atoms with E-state index in [-0.39, 0.29) is 6.03 Å². The molecule has 4 rings (SSSR count). The summed E-state index contributed by atoms with van der Waals surface area (Å²) in [6.45, 7) is 0.498. The Balaban J connectivity index is 1.29. The number of hydrogen-bond donors (Lipinski definition) is 2. The summed E-state index contributed by atoms with van der Waals surface area (Å²) >= 11 is 0. The average Bonchev–Trinajstić information content (AvgIpc) is 3.26. The Labute approximate surface area is 137 Å². The van der Waals surface area contributed by atoms with Gasteiger partial charge in [-0.1, -0.05) is 6.42 Å². The second-order valence-electron chi connectivity index (χ2n) is 7.29. The molecule has 3 fully saturated rings. The van der Waals surface area contributed by atoms with Gasteiger partial charge in [0.2, 0.25) is 5.88 Å². The summed E-state index contributed by atoms with van der Waals surface area (Å²) < 4.78 is 5.10. The van der Waals surface area contributed by atoms with Gasteiger partial charge < -0.3 is 15.4 Å². The van der Waals surface area contributed by atoms with Gasteiger partial charge in [-0.15, -0.1) is 0 Å². The van der Waals surface area contributed by atoms with Crippen molar-refractivity contribution < 1.29 is 9.53 Å². The van der Waals surface area contributed by atoms with Crippen molar-refractivity contribution in [3.63, 3.8) is 0 Å². The first-order valence-electron chi connectivity index (χ1n) is 8.78. The Bertz CT molecular complexity index is 591. The van der Waals surface area contributed by atoms with Crippen LogP contribution in [0.1, 0.15) is 37.7 Å². The van der Waals surface area contributed by atoms with Gasteiger partial charge in [0.1, 0.15) is 0 Å². The van der Waals surface area contributed by atoms with Crippen LogP contribution in [-0.4, -0.2) is 24.2 Å². The third-order valence-corrected chi connectivity index (χ3v) is 6.21. The van der Waals surface area contributed by atoms with E-state index in [0.717, 1.165) is 29.2 Å². The van der Waals surface area contributed by atoms with Crippen LogP contribution in [0.4, 0.5) is 4.79 Å².